The van der Waals surface area contributed by atoms with Crippen molar-refractivity contribution in [3.05, 3.63) is 30.6 Å². The molecule has 0 aliphatic heterocycles. The van der Waals surface area contributed by atoms with Crippen LogP contribution in [0.5, 0.6) is 11.6 Å². The van der Waals surface area contributed by atoms with Crippen LogP contribution < -0.4 is 26.1 Å². The van der Waals surface area contributed by atoms with Gasteiger partial charge in [0.2, 0.25) is 5.75 Å². The minimum Gasteiger partial charge on any atom is -0.489 e. The summed E-state index contributed by atoms with van der Waals surface area (Å²) >= 11 is 0. The molecule has 120 valence electrons. The standard InChI is InChI=1S/C12H14N4O4S.H3N/c1-19-10-11(14-7-15-12(10)20-2)16-21(17,18)9-5-3-8(13)4-6-9;/h3-7H,13H2,1-2H3,(H,14,15,16);1H3. The summed E-state index contributed by atoms with van der Waals surface area (Å²) < 4.78 is 36.9. The van der Waals surface area contributed by atoms with Crippen molar-refractivity contribution >= 4 is 21.5 Å². The third-order valence-electron chi connectivity index (χ3n) is 2.59. The van der Waals surface area contributed by atoms with Gasteiger partial charge in [-0.05, 0) is 24.3 Å². The molecule has 0 saturated carbocycles. The molecule has 0 radical (unpaired) electrons. The first-order valence-electron chi connectivity index (χ1n) is 5.79. The Bertz CT molecular complexity index is 734. The lowest BCUT2D eigenvalue weighted by Crippen LogP contribution is -2.15. The highest BCUT2D eigenvalue weighted by Gasteiger charge is 2.20. The van der Waals surface area contributed by atoms with Crippen molar-refractivity contribution in [3.8, 4) is 11.6 Å². The minimum atomic E-state index is -3.82. The average molecular weight is 327 g/mol. The monoisotopic (exact) mass is 327 g/mol. The van der Waals surface area contributed by atoms with Crippen molar-refractivity contribution in [2.24, 2.45) is 0 Å². The third kappa shape index (κ3) is 3.54. The van der Waals surface area contributed by atoms with Crippen LogP contribution in [0.4, 0.5) is 11.5 Å². The van der Waals surface area contributed by atoms with Crippen molar-refractivity contribution in [1.29, 1.82) is 0 Å². The number of anilines is 2. The first-order valence-corrected chi connectivity index (χ1v) is 7.27. The molecule has 9 nitrogen and oxygen atoms in total. The number of hydrogen-bond acceptors (Lipinski definition) is 8. The number of ether oxygens (including phenoxy) is 2. The van der Waals surface area contributed by atoms with Crippen LogP contribution in [0.15, 0.2) is 35.5 Å². The molecule has 2 aromatic rings. The molecule has 1 heterocycles. The zero-order valence-corrected chi connectivity index (χ0v) is 12.9. The smallest absolute Gasteiger partial charge is 0.263 e. The molecule has 0 saturated heterocycles. The Morgan fingerprint density at radius 2 is 1.73 bits per heavy atom. The van der Waals surface area contributed by atoms with Crippen LogP contribution in [-0.2, 0) is 10.0 Å². The second-order valence-corrected chi connectivity index (χ2v) is 5.62. The summed E-state index contributed by atoms with van der Waals surface area (Å²) in [5, 5.41) is 0. The molecule has 22 heavy (non-hydrogen) atoms. The quantitative estimate of drug-likeness (QED) is 0.689. The fourth-order valence-corrected chi connectivity index (χ4v) is 2.61. The molecular weight excluding hydrogens is 310 g/mol. The van der Waals surface area contributed by atoms with Gasteiger partial charge in [-0.2, -0.15) is 4.98 Å². The van der Waals surface area contributed by atoms with Crippen LogP contribution in [0.1, 0.15) is 0 Å². The number of aromatic nitrogens is 2. The SMILES string of the molecule is COc1ncnc(NS(=O)(=O)c2ccc(N)cc2)c1OC.N. The van der Waals surface area contributed by atoms with E-state index in [2.05, 4.69) is 14.7 Å². The van der Waals surface area contributed by atoms with Crippen molar-refractivity contribution in [2.45, 2.75) is 4.90 Å². The van der Waals surface area contributed by atoms with Crippen LogP contribution in [0.2, 0.25) is 0 Å². The number of sulfonamides is 1. The first-order chi connectivity index (χ1) is 9.97. The second-order valence-electron chi connectivity index (χ2n) is 3.94. The van der Waals surface area contributed by atoms with Gasteiger partial charge in [-0.1, -0.05) is 0 Å². The van der Waals surface area contributed by atoms with E-state index in [1.54, 1.807) is 0 Å². The molecule has 10 heteroatoms. The first kappa shape index (κ1) is 17.5. The van der Waals surface area contributed by atoms with Gasteiger partial charge in [0, 0.05) is 5.69 Å². The number of nitrogens with zero attached hydrogens (tertiary/aromatic N) is 2. The van der Waals surface area contributed by atoms with Crippen molar-refractivity contribution in [3.63, 3.8) is 0 Å². The zero-order chi connectivity index (χ0) is 15.5. The summed E-state index contributed by atoms with van der Waals surface area (Å²) in [5.74, 6) is 0.211. The Hall–Kier alpha value is -2.59. The van der Waals surface area contributed by atoms with Gasteiger partial charge >= 0.3 is 0 Å². The maximum Gasteiger partial charge on any atom is 0.263 e. The molecule has 0 spiro atoms. The Morgan fingerprint density at radius 1 is 1.09 bits per heavy atom. The van der Waals surface area contributed by atoms with Gasteiger partial charge in [0.05, 0.1) is 19.1 Å². The summed E-state index contributed by atoms with van der Waals surface area (Å²) in [6.45, 7) is 0. The molecule has 1 aromatic carbocycles. The Balaban J connectivity index is 0.00000242. The van der Waals surface area contributed by atoms with E-state index >= 15 is 0 Å². The lowest BCUT2D eigenvalue weighted by atomic mass is 10.3. The summed E-state index contributed by atoms with van der Waals surface area (Å²) in [5.41, 5.74) is 6.00. The molecule has 0 aliphatic carbocycles. The molecule has 0 fully saturated rings. The molecule has 0 bridgehead atoms. The zero-order valence-electron chi connectivity index (χ0n) is 12.1. The Morgan fingerprint density at radius 3 is 2.27 bits per heavy atom. The molecule has 6 N–H and O–H groups in total. The maximum absolute atomic E-state index is 12.3. The summed E-state index contributed by atoms with van der Waals surface area (Å²) in [4.78, 5) is 7.74. The lowest BCUT2D eigenvalue weighted by Gasteiger charge is -2.12. The topological polar surface area (TPSA) is 151 Å². The summed E-state index contributed by atoms with van der Waals surface area (Å²) in [6.07, 6.45) is 1.17. The molecule has 0 aliphatic rings. The van der Waals surface area contributed by atoms with Gasteiger partial charge in [0.25, 0.3) is 15.9 Å². The van der Waals surface area contributed by atoms with Crippen molar-refractivity contribution in [1.82, 2.24) is 16.1 Å². The van der Waals surface area contributed by atoms with E-state index in [9.17, 15) is 8.42 Å². The fraction of sp³-hybridized carbons (Fsp3) is 0.167. The fourth-order valence-electron chi connectivity index (χ4n) is 1.59. The molecule has 0 amide bonds. The Labute approximate surface area is 128 Å². The molecule has 0 unspecified atom stereocenters. The van der Waals surface area contributed by atoms with Gasteiger partial charge in [0.1, 0.15) is 6.33 Å². The predicted molar refractivity (Wildman–Crippen MR) is 81.8 cm³/mol. The maximum atomic E-state index is 12.3. The van der Waals surface area contributed by atoms with E-state index in [0.717, 1.165) is 0 Å². The number of hydrogen-bond donors (Lipinski definition) is 3. The number of rotatable bonds is 5. The molecule has 2 rings (SSSR count). The Kier molecular flexibility index (Phi) is 5.49. The van der Waals surface area contributed by atoms with Crippen LogP contribution in [0.25, 0.3) is 0 Å². The molecular formula is C12H17N5O4S. The van der Waals surface area contributed by atoms with Gasteiger partial charge in [-0.3, -0.25) is 4.72 Å². The second kappa shape index (κ2) is 6.91. The van der Waals surface area contributed by atoms with E-state index in [4.69, 9.17) is 15.2 Å². The normalized spacial score (nSPS) is 10.5. The lowest BCUT2D eigenvalue weighted by molar-refractivity contribution is 0.342. The van der Waals surface area contributed by atoms with Gasteiger partial charge in [-0.25, -0.2) is 13.4 Å². The number of nitrogen functional groups attached to an aromatic ring is 1. The molecule has 0 atom stereocenters. The van der Waals surface area contributed by atoms with E-state index in [-0.39, 0.29) is 28.5 Å². The predicted octanol–water partition coefficient (Wildman–Crippen LogP) is 1.04. The van der Waals surface area contributed by atoms with Gasteiger partial charge in [-0.15, -0.1) is 0 Å². The minimum absolute atomic E-state index is 0. The highest BCUT2D eigenvalue weighted by atomic mass is 32.2. The van der Waals surface area contributed by atoms with Crippen molar-refractivity contribution < 1.29 is 17.9 Å². The van der Waals surface area contributed by atoms with Crippen LogP contribution in [0.3, 0.4) is 0 Å². The van der Waals surface area contributed by atoms with Crippen LogP contribution in [0, 0.1) is 0 Å². The third-order valence-corrected chi connectivity index (χ3v) is 3.94. The number of methoxy groups -OCH3 is 2. The highest BCUT2D eigenvalue weighted by Crippen LogP contribution is 2.31. The number of nitrogens with two attached hydrogens (primary N) is 1. The van der Waals surface area contributed by atoms with Crippen LogP contribution >= 0.6 is 0 Å². The summed E-state index contributed by atoms with van der Waals surface area (Å²) in [6, 6.07) is 5.77. The van der Waals surface area contributed by atoms with E-state index in [1.165, 1.54) is 44.8 Å². The molecule has 1 aromatic heterocycles. The van der Waals surface area contributed by atoms with E-state index < -0.39 is 10.0 Å². The number of benzene rings is 1. The summed E-state index contributed by atoms with van der Waals surface area (Å²) in [7, 11) is -1.06. The average Bonchev–Trinajstić information content (AvgIpc) is 2.47. The van der Waals surface area contributed by atoms with E-state index in [0.29, 0.717) is 5.69 Å². The van der Waals surface area contributed by atoms with Gasteiger partial charge in [0.15, 0.2) is 5.82 Å². The van der Waals surface area contributed by atoms with Gasteiger partial charge < -0.3 is 21.4 Å². The highest BCUT2D eigenvalue weighted by molar-refractivity contribution is 7.92. The van der Waals surface area contributed by atoms with Crippen LogP contribution in [-0.4, -0.2) is 32.6 Å². The van der Waals surface area contributed by atoms with Crippen molar-refractivity contribution in [2.75, 3.05) is 24.7 Å². The van der Waals surface area contributed by atoms with E-state index in [1.807, 2.05) is 0 Å². The largest absolute Gasteiger partial charge is 0.489 e. The number of nitrogens with one attached hydrogen (secondary N) is 1.